The molecular formula is C27H20ClFN4O5S. The number of hydrogen-bond acceptors (Lipinski definition) is 6. The average Bonchev–Trinajstić information content (AvgIpc) is 3.48. The van der Waals surface area contributed by atoms with Crippen molar-refractivity contribution in [2.45, 2.75) is 13.0 Å². The molecule has 0 saturated heterocycles. The van der Waals surface area contributed by atoms with Crippen molar-refractivity contribution in [3.8, 4) is 16.9 Å². The molecular weight excluding hydrogens is 547 g/mol. The number of H-pyrrole nitrogens is 1. The lowest BCUT2D eigenvalue weighted by Crippen LogP contribution is -2.32. The number of hydrogen-bond donors (Lipinski definition) is 2. The van der Waals surface area contributed by atoms with Crippen LogP contribution in [0.4, 0.5) is 4.39 Å². The number of nitrogens with one attached hydrogen (secondary N) is 2. The Bertz CT molecular complexity index is 2000. The number of rotatable bonds is 5. The standard InChI is InChI=1S/C27H20ClFN4O5S/c1-39(36,37)32-27(35)23-21(17-6-4-9-30-26(17)34)22-20(12-18(29)16-8-10-38-24(16)22)33(23)13-15-11-14-5-2-3-7-19(14)31-25(15)28/h2-7,9,11-12H,8,10,13H2,1H3,(H,30,34)(H,32,35). The smallest absolute Gasteiger partial charge is 0.282 e. The molecule has 1 aliphatic heterocycles. The molecule has 0 unspecified atom stereocenters. The van der Waals surface area contributed by atoms with E-state index >= 15 is 4.39 Å². The Morgan fingerprint density at radius 2 is 2.03 bits per heavy atom. The lowest BCUT2D eigenvalue weighted by Gasteiger charge is -2.14. The van der Waals surface area contributed by atoms with Gasteiger partial charge in [0, 0.05) is 34.7 Å². The molecule has 0 spiro atoms. The molecule has 0 bridgehead atoms. The number of halogens is 2. The van der Waals surface area contributed by atoms with Crippen LogP contribution in [0.15, 0.2) is 59.5 Å². The molecule has 2 aromatic carbocycles. The number of sulfonamides is 1. The van der Waals surface area contributed by atoms with Crippen LogP contribution in [-0.2, 0) is 23.0 Å². The zero-order valence-electron chi connectivity index (χ0n) is 20.4. The zero-order valence-corrected chi connectivity index (χ0v) is 22.0. The van der Waals surface area contributed by atoms with Crippen LogP contribution < -0.4 is 15.0 Å². The highest BCUT2D eigenvalue weighted by molar-refractivity contribution is 7.89. The highest BCUT2D eigenvalue weighted by Gasteiger charge is 2.33. The van der Waals surface area contributed by atoms with E-state index < -0.39 is 27.3 Å². The van der Waals surface area contributed by atoms with E-state index in [2.05, 4.69) is 9.97 Å². The van der Waals surface area contributed by atoms with Crippen molar-refractivity contribution in [3.63, 3.8) is 0 Å². The summed E-state index contributed by atoms with van der Waals surface area (Å²) in [4.78, 5) is 33.6. The van der Waals surface area contributed by atoms with Gasteiger partial charge in [-0.1, -0.05) is 29.8 Å². The van der Waals surface area contributed by atoms with Crippen molar-refractivity contribution < 1.29 is 22.3 Å². The van der Waals surface area contributed by atoms with Gasteiger partial charge in [0.2, 0.25) is 10.0 Å². The Labute approximate surface area is 226 Å². The summed E-state index contributed by atoms with van der Waals surface area (Å²) in [6.45, 7) is 0.134. The van der Waals surface area contributed by atoms with Gasteiger partial charge >= 0.3 is 0 Å². The van der Waals surface area contributed by atoms with Gasteiger partial charge in [-0.15, -0.1) is 0 Å². The van der Waals surface area contributed by atoms with Crippen LogP contribution in [0.2, 0.25) is 5.15 Å². The molecule has 1 aliphatic rings. The third-order valence-corrected chi connectivity index (χ3v) is 7.50. The fourth-order valence-electron chi connectivity index (χ4n) is 5.05. The minimum absolute atomic E-state index is 0.0807. The van der Waals surface area contributed by atoms with Gasteiger partial charge < -0.3 is 14.3 Å². The molecule has 2 N–H and O–H groups in total. The molecule has 0 saturated carbocycles. The highest BCUT2D eigenvalue weighted by atomic mass is 35.5. The minimum Gasteiger partial charge on any atom is -0.492 e. The normalized spacial score (nSPS) is 13.0. The number of ether oxygens (including phenoxy) is 1. The zero-order chi connectivity index (χ0) is 27.5. The van der Waals surface area contributed by atoms with Gasteiger partial charge in [-0.2, -0.15) is 0 Å². The molecule has 0 fully saturated rings. The van der Waals surface area contributed by atoms with Gasteiger partial charge in [-0.25, -0.2) is 22.5 Å². The van der Waals surface area contributed by atoms with Gasteiger partial charge in [-0.05, 0) is 30.3 Å². The maximum atomic E-state index is 15.3. The summed E-state index contributed by atoms with van der Waals surface area (Å²) in [5.41, 5.74) is 1.22. The van der Waals surface area contributed by atoms with E-state index in [-0.39, 0.29) is 46.4 Å². The first kappa shape index (κ1) is 25.1. The lowest BCUT2D eigenvalue weighted by atomic mass is 10.00. The Kier molecular flexibility index (Phi) is 5.92. The molecule has 0 radical (unpaired) electrons. The van der Waals surface area contributed by atoms with E-state index in [4.69, 9.17) is 16.3 Å². The monoisotopic (exact) mass is 566 g/mol. The molecule has 3 aromatic heterocycles. The minimum atomic E-state index is -4.01. The number of aromatic amines is 1. The number of para-hydroxylation sites is 1. The van der Waals surface area contributed by atoms with E-state index in [1.807, 2.05) is 22.9 Å². The van der Waals surface area contributed by atoms with E-state index in [0.717, 1.165) is 11.6 Å². The predicted molar refractivity (Wildman–Crippen MR) is 145 cm³/mol. The summed E-state index contributed by atoms with van der Waals surface area (Å²) in [5, 5.41) is 1.26. The van der Waals surface area contributed by atoms with Crippen LogP contribution >= 0.6 is 11.6 Å². The fourth-order valence-corrected chi connectivity index (χ4v) is 5.68. The molecule has 12 heteroatoms. The summed E-state index contributed by atoms with van der Waals surface area (Å²) in [7, 11) is -4.01. The molecule has 0 aliphatic carbocycles. The summed E-state index contributed by atoms with van der Waals surface area (Å²) in [6, 6.07) is 13.5. The van der Waals surface area contributed by atoms with Gasteiger partial charge in [0.1, 0.15) is 22.4 Å². The van der Waals surface area contributed by atoms with Gasteiger partial charge in [-0.3, -0.25) is 9.59 Å². The predicted octanol–water partition coefficient (Wildman–Crippen LogP) is 4.01. The molecule has 6 rings (SSSR count). The quantitative estimate of drug-likeness (QED) is 0.310. The first-order valence-electron chi connectivity index (χ1n) is 11.9. The number of amides is 1. The molecule has 0 atom stereocenters. The molecule has 39 heavy (non-hydrogen) atoms. The van der Waals surface area contributed by atoms with Crippen molar-refractivity contribution in [2.75, 3.05) is 12.9 Å². The van der Waals surface area contributed by atoms with Crippen molar-refractivity contribution >= 4 is 49.3 Å². The van der Waals surface area contributed by atoms with E-state index in [9.17, 15) is 18.0 Å². The first-order chi connectivity index (χ1) is 18.6. The van der Waals surface area contributed by atoms with Crippen molar-refractivity contribution in [2.24, 2.45) is 0 Å². The topological polar surface area (TPSA) is 123 Å². The summed E-state index contributed by atoms with van der Waals surface area (Å²) >= 11 is 6.54. The van der Waals surface area contributed by atoms with Crippen LogP contribution in [0.25, 0.3) is 32.9 Å². The second kappa shape index (κ2) is 9.21. The number of carbonyl (C=O) groups is 1. The van der Waals surface area contributed by atoms with Crippen molar-refractivity contribution in [1.29, 1.82) is 0 Å². The summed E-state index contributed by atoms with van der Waals surface area (Å²) < 4.78 is 48.9. The highest BCUT2D eigenvalue weighted by Crippen LogP contribution is 2.45. The lowest BCUT2D eigenvalue weighted by molar-refractivity contribution is 0.0974. The van der Waals surface area contributed by atoms with Crippen molar-refractivity contribution in [1.82, 2.24) is 19.3 Å². The van der Waals surface area contributed by atoms with Crippen LogP contribution in [0.1, 0.15) is 21.6 Å². The maximum absolute atomic E-state index is 15.3. The molecule has 4 heterocycles. The largest absolute Gasteiger partial charge is 0.492 e. The summed E-state index contributed by atoms with van der Waals surface area (Å²) in [5.74, 6) is -1.33. The van der Waals surface area contributed by atoms with Gasteiger partial charge in [0.15, 0.2) is 0 Å². The maximum Gasteiger partial charge on any atom is 0.282 e. The van der Waals surface area contributed by atoms with Crippen LogP contribution in [0, 0.1) is 5.82 Å². The van der Waals surface area contributed by atoms with Gasteiger partial charge in [0.05, 0.1) is 41.4 Å². The van der Waals surface area contributed by atoms with E-state index in [1.54, 1.807) is 18.2 Å². The SMILES string of the molecule is CS(=O)(=O)NC(=O)c1c(-c2ccc[nH]c2=O)c2c3c(c(F)cc2n1Cc1cc2ccccc2nc1Cl)CCO3. The third kappa shape index (κ3) is 4.33. The van der Waals surface area contributed by atoms with Gasteiger partial charge in [0.25, 0.3) is 11.5 Å². The van der Waals surface area contributed by atoms with Crippen molar-refractivity contribution in [3.05, 3.63) is 92.9 Å². The first-order valence-corrected chi connectivity index (χ1v) is 14.1. The van der Waals surface area contributed by atoms with Crippen LogP contribution in [0.5, 0.6) is 5.75 Å². The Morgan fingerprint density at radius 3 is 2.79 bits per heavy atom. The molecule has 1 amide bonds. The molecule has 9 nitrogen and oxygen atoms in total. The molecule has 198 valence electrons. The number of pyridine rings is 2. The fraction of sp³-hybridized carbons (Fsp3) is 0.148. The second-order valence-corrected chi connectivity index (χ2v) is 11.3. The Hall–Kier alpha value is -4.22. The average molecular weight is 567 g/mol. The summed E-state index contributed by atoms with van der Waals surface area (Å²) in [6.07, 6.45) is 2.58. The number of carbonyl (C=O) groups excluding carboxylic acids is 1. The van der Waals surface area contributed by atoms with Crippen LogP contribution in [-0.4, -0.2) is 41.7 Å². The Balaban J connectivity index is 1.72. The number of benzene rings is 2. The number of nitrogens with zero attached hydrogens (tertiary/aromatic N) is 2. The second-order valence-electron chi connectivity index (χ2n) is 9.22. The number of fused-ring (bicyclic) bond motifs is 4. The van der Waals surface area contributed by atoms with Crippen LogP contribution in [0.3, 0.4) is 0 Å². The van der Waals surface area contributed by atoms with E-state index in [0.29, 0.717) is 28.5 Å². The Morgan fingerprint density at radius 1 is 1.23 bits per heavy atom. The van der Waals surface area contributed by atoms with E-state index in [1.165, 1.54) is 22.9 Å². The third-order valence-electron chi connectivity index (χ3n) is 6.61. The number of aromatic nitrogens is 3. The molecule has 5 aromatic rings.